The van der Waals surface area contributed by atoms with E-state index in [2.05, 4.69) is 10.3 Å². The molecular formula is C29H24N2O4. The average molecular weight is 465 g/mol. The van der Waals surface area contributed by atoms with Crippen LogP contribution in [0.3, 0.4) is 0 Å². The topological polar surface area (TPSA) is 88.5 Å². The number of aryl methyl sites for hydroxylation is 1. The zero-order chi connectivity index (χ0) is 24.2. The Morgan fingerprint density at radius 2 is 1.69 bits per heavy atom. The number of carbonyl (C=O) groups is 2. The van der Waals surface area contributed by atoms with Gasteiger partial charge in [-0.15, -0.1) is 0 Å². The number of carbonyl (C=O) groups excluding carboxylic acids is 1. The third-order valence-corrected chi connectivity index (χ3v) is 6.17. The molecule has 1 unspecified atom stereocenters. The second kappa shape index (κ2) is 9.81. The van der Waals surface area contributed by atoms with Crippen molar-refractivity contribution in [3.63, 3.8) is 0 Å². The molecule has 0 aliphatic heterocycles. The first-order chi connectivity index (χ1) is 17.1. The van der Waals surface area contributed by atoms with Gasteiger partial charge in [0, 0.05) is 11.1 Å². The maximum atomic E-state index is 12.9. The Bertz CT molecular complexity index is 1380. The number of benzene rings is 3. The predicted octanol–water partition coefficient (Wildman–Crippen LogP) is 6.74. The van der Waals surface area contributed by atoms with Gasteiger partial charge < -0.3 is 9.84 Å². The number of aromatic carboxylic acids is 1. The Kier molecular flexibility index (Phi) is 6.26. The summed E-state index contributed by atoms with van der Waals surface area (Å²) in [5, 5.41) is 12.2. The molecule has 1 aromatic heterocycles. The number of ether oxygens (including phenoxy) is 1. The van der Waals surface area contributed by atoms with Crippen LogP contribution < -0.4 is 5.32 Å². The summed E-state index contributed by atoms with van der Waals surface area (Å²) >= 11 is 0. The molecule has 0 bridgehead atoms. The summed E-state index contributed by atoms with van der Waals surface area (Å²) in [4.78, 5) is 28.5. The van der Waals surface area contributed by atoms with E-state index in [1.807, 2.05) is 72.8 Å². The van der Waals surface area contributed by atoms with Crippen molar-refractivity contribution in [3.05, 3.63) is 108 Å². The second-order valence-corrected chi connectivity index (χ2v) is 8.45. The highest BCUT2D eigenvalue weighted by atomic mass is 16.6. The van der Waals surface area contributed by atoms with Crippen molar-refractivity contribution >= 4 is 17.7 Å². The number of rotatable bonds is 5. The zero-order valence-corrected chi connectivity index (χ0v) is 19.0. The Balaban J connectivity index is 1.38. The maximum absolute atomic E-state index is 12.9. The van der Waals surface area contributed by atoms with E-state index in [0.29, 0.717) is 17.8 Å². The lowest BCUT2D eigenvalue weighted by Crippen LogP contribution is -2.21. The van der Waals surface area contributed by atoms with Crippen molar-refractivity contribution in [3.8, 4) is 22.4 Å². The molecule has 0 radical (unpaired) electrons. The molecule has 0 saturated heterocycles. The third kappa shape index (κ3) is 4.92. The molecule has 1 atom stereocenters. The van der Waals surface area contributed by atoms with E-state index in [-0.39, 0.29) is 5.69 Å². The molecule has 6 nitrogen and oxygen atoms in total. The number of anilines is 1. The van der Waals surface area contributed by atoms with Gasteiger partial charge in [0.1, 0.15) is 11.8 Å². The summed E-state index contributed by atoms with van der Waals surface area (Å²) < 4.78 is 5.90. The number of carboxylic acids is 1. The van der Waals surface area contributed by atoms with Gasteiger partial charge in [-0.1, -0.05) is 66.7 Å². The van der Waals surface area contributed by atoms with Gasteiger partial charge >= 0.3 is 12.1 Å². The molecule has 0 spiro atoms. The van der Waals surface area contributed by atoms with Crippen LogP contribution in [0.1, 0.15) is 40.6 Å². The minimum Gasteiger partial charge on any atom is -0.477 e. The number of hydrogen-bond acceptors (Lipinski definition) is 4. The van der Waals surface area contributed by atoms with Gasteiger partial charge in [0.25, 0.3) is 0 Å². The first-order valence-corrected chi connectivity index (χ1v) is 11.5. The molecule has 4 aromatic rings. The number of para-hydroxylation sites is 1. The van der Waals surface area contributed by atoms with Crippen LogP contribution in [0.4, 0.5) is 10.5 Å². The van der Waals surface area contributed by atoms with Crippen molar-refractivity contribution in [2.75, 3.05) is 5.32 Å². The van der Waals surface area contributed by atoms with Crippen molar-refractivity contribution in [1.82, 2.24) is 4.98 Å². The minimum absolute atomic E-state index is 0.00974. The molecule has 1 amide bonds. The van der Waals surface area contributed by atoms with Crippen LogP contribution >= 0.6 is 0 Å². The summed E-state index contributed by atoms with van der Waals surface area (Å²) in [6, 6.07) is 28.3. The van der Waals surface area contributed by atoms with Gasteiger partial charge in [-0.25, -0.2) is 14.6 Å². The normalized spacial score (nSPS) is 14.6. The molecule has 35 heavy (non-hydrogen) atoms. The number of hydrogen-bond donors (Lipinski definition) is 2. The Morgan fingerprint density at radius 1 is 0.886 bits per heavy atom. The van der Waals surface area contributed by atoms with Crippen molar-refractivity contribution < 1.29 is 19.4 Å². The van der Waals surface area contributed by atoms with E-state index in [4.69, 9.17) is 4.74 Å². The molecule has 6 heteroatoms. The van der Waals surface area contributed by atoms with E-state index in [1.54, 1.807) is 12.1 Å². The number of pyridine rings is 1. The molecular weight excluding hydrogens is 440 g/mol. The van der Waals surface area contributed by atoms with Crippen LogP contribution in [0.2, 0.25) is 0 Å². The summed E-state index contributed by atoms with van der Waals surface area (Å²) in [5.41, 5.74) is 6.01. The summed E-state index contributed by atoms with van der Waals surface area (Å²) in [7, 11) is 0. The van der Waals surface area contributed by atoms with E-state index >= 15 is 0 Å². The van der Waals surface area contributed by atoms with Gasteiger partial charge in [0.15, 0.2) is 0 Å². The lowest BCUT2D eigenvalue weighted by Gasteiger charge is -2.26. The Morgan fingerprint density at radius 3 is 2.51 bits per heavy atom. The second-order valence-electron chi connectivity index (χ2n) is 8.45. The van der Waals surface area contributed by atoms with Crippen LogP contribution in [0.5, 0.6) is 0 Å². The molecule has 174 valence electrons. The van der Waals surface area contributed by atoms with E-state index in [0.717, 1.165) is 40.7 Å². The van der Waals surface area contributed by atoms with Crippen LogP contribution in [0.15, 0.2) is 91.0 Å². The lowest BCUT2D eigenvalue weighted by molar-refractivity contribution is 0.0690. The van der Waals surface area contributed by atoms with Gasteiger partial charge in [-0.2, -0.15) is 0 Å². The number of amides is 1. The number of nitrogens with zero attached hydrogens (tertiary/aromatic N) is 1. The fourth-order valence-corrected chi connectivity index (χ4v) is 4.48. The molecule has 1 heterocycles. The van der Waals surface area contributed by atoms with E-state index < -0.39 is 18.2 Å². The molecule has 3 aromatic carbocycles. The van der Waals surface area contributed by atoms with Crippen molar-refractivity contribution in [1.29, 1.82) is 0 Å². The molecule has 5 rings (SSSR count). The fraction of sp³-hybridized carbons (Fsp3) is 0.138. The van der Waals surface area contributed by atoms with Gasteiger partial charge in [-0.05, 0) is 60.2 Å². The summed E-state index contributed by atoms with van der Waals surface area (Å²) in [6.07, 6.45) is 1.62. The highest BCUT2D eigenvalue weighted by Crippen LogP contribution is 2.36. The zero-order valence-electron chi connectivity index (χ0n) is 19.0. The standard InChI is InChI=1S/C29H24N2O4/c32-28(33)26-14-7-13-24(30-26)21-17-16-20-10-6-15-27(23(20)18-21)35-29(34)31-25-12-5-4-11-22(25)19-8-2-1-3-9-19/h1-5,7-9,11-14,16-18,27H,6,10,15H2,(H,31,34)(H,32,33). The van der Waals surface area contributed by atoms with Crippen LogP contribution in [-0.4, -0.2) is 22.2 Å². The highest BCUT2D eigenvalue weighted by molar-refractivity contribution is 5.91. The van der Waals surface area contributed by atoms with Crippen LogP contribution in [0.25, 0.3) is 22.4 Å². The van der Waals surface area contributed by atoms with Gasteiger partial charge in [0.05, 0.1) is 11.4 Å². The molecule has 1 aliphatic rings. The molecule has 0 fully saturated rings. The maximum Gasteiger partial charge on any atom is 0.412 e. The third-order valence-electron chi connectivity index (χ3n) is 6.17. The van der Waals surface area contributed by atoms with Gasteiger partial charge in [0.2, 0.25) is 0 Å². The summed E-state index contributed by atoms with van der Waals surface area (Å²) in [5.74, 6) is -1.07. The van der Waals surface area contributed by atoms with E-state index in [1.165, 1.54) is 6.07 Å². The molecule has 2 N–H and O–H groups in total. The first kappa shape index (κ1) is 22.3. The van der Waals surface area contributed by atoms with Gasteiger partial charge in [-0.3, -0.25) is 5.32 Å². The number of nitrogens with one attached hydrogen (secondary N) is 1. The highest BCUT2D eigenvalue weighted by Gasteiger charge is 2.25. The quantitative estimate of drug-likeness (QED) is 0.341. The molecule has 0 saturated carbocycles. The van der Waals surface area contributed by atoms with Crippen molar-refractivity contribution in [2.45, 2.75) is 25.4 Å². The SMILES string of the molecule is O=C(Nc1ccccc1-c1ccccc1)OC1CCCc2ccc(-c3cccc(C(=O)O)n3)cc21. The fourth-order valence-electron chi connectivity index (χ4n) is 4.48. The monoisotopic (exact) mass is 464 g/mol. The first-order valence-electron chi connectivity index (χ1n) is 11.5. The lowest BCUT2D eigenvalue weighted by atomic mass is 9.87. The molecule has 1 aliphatic carbocycles. The van der Waals surface area contributed by atoms with Crippen LogP contribution in [-0.2, 0) is 11.2 Å². The Labute approximate surface area is 203 Å². The summed E-state index contributed by atoms with van der Waals surface area (Å²) in [6.45, 7) is 0. The smallest absolute Gasteiger partial charge is 0.412 e. The predicted molar refractivity (Wildman–Crippen MR) is 134 cm³/mol. The average Bonchev–Trinajstić information content (AvgIpc) is 2.89. The minimum atomic E-state index is -1.07. The number of fused-ring (bicyclic) bond motifs is 1. The number of aromatic nitrogens is 1. The van der Waals surface area contributed by atoms with E-state index in [9.17, 15) is 14.7 Å². The van der Waals surface area contributed by atoms with Crippen LogP contribution in [0, 0.1) is 0 Å². The van der Waals surface area contributed by atoms with Crippen molar-refractivity contribution in [2.24, 2.45) is 0 Å². The number of carboxylic acid groups (broad SMARTS) is 1. The largest absolute Gasteiger partial charge is 0.477 e. The Hall–Kier alpha value is -4.45.